The van der Waals surface area contributed by atoms with Crippen LogP contribution in [0.4, 0.5) is 0 Å². The maximum atomic E-state index is 12.4. The highest BCUT2D eigenvalue weighted by molar-refractivity contribution is 7.86. The van der Waals surface area contributed by atoms with Gasteiger partial charge in [-0.3, -0.25) is 9.11 Å². The van der Waals surface area contributed by atoms with Crippen molar-refractivity contribution in [3.8, 4) is 0 Å². The first kappa shape index (κ1) is 26.6. The van der Waals surface area contributed by atoms with E-state index in [1.54, 1.807) is 24.3 Å². The molecule has 204 valence electrons. The van der Waals surface area contributed by atoms with Gasteiger partial charge in [0.05, 0.1) is 12.1 Å². The number of benzene rings is 4. The zero-order valence-corrected chi connectivity index (χ0v) is 22.8. The van der Waals surface area contributed by atoms with Crippen LogP contribution in [-0.4, -0.2) is 25.9 Å². The molecule has 2 aliphatic rings. The molecule has 10 heteroatoms. The van der Waals surface area contributed by atoms with Crippen LogP contribution in [0.15, 0.2) is 94.7 Å². The highest BCUT2D eigenvalue weighted by Gasteiger charge is 2.27. The quantitative estimate of drug-likeness (QED) is 0.192. The first-order chi connectivity index (χ1) is 19.1. The molecule has 2 aliphatic heterocycles. The van der Waals surface area contributed by atoms with Crippen molar-refractivity contribution in [3.63, 3.8) is 0 Å². The van der Waals surface area contributed by atoms with E-state index in [-0.39, 0.29) is 33.0 Å². The molecule has 0 saturated heterocycles. The lowest BCUT2D eigenvalue weighted by Crippen LogP contribution is -2.14. The fourth-order valence-corrected chi connectivity index (χ4v) is 6.99. The number of fused-ring (bicyclic) bond motifs is 2. The van der Waals surface area contributed by atoms with E-state index in [0.29, 0.717) is 24.2 Å². The van der Waals surface area contributed by atoms with Crippen molar-refractivity contribution in [1.82, 2.24) is 10.6 Å². The predicted molar refractivity (Wildman–Crippen MR) is 152 cm³/mol. The molecule has 0 amide bonds. The summed E-state index contributed by atoms with van der Waals surface area (Å²) in [5.74, 6) is 0. The molecule has 2 atom stereocenters. The van der Waals surface area contributed by atoms with Crippen LogP contribution >= 0.6 is 0 Å². The first-order valence-electron chi connectivity index (χ1n) is 12.6. The summed E-state index contributed by atoms with van der Waals surface area (Å²) < 4.78 is 69.5. The summed E-state index contributed by atoms with van der Waals surface area (Å²) in [4.78, 5) is -0.603. The molecule has 0 bridgehead atoms. The first-order valence-corrected chi connectivity index (χ1v) is 15.5. The molecular weight excluding hydrogens is 548 g/mol. The molecule has 8 nitrogen and oxygen atoms in total. The Hall–Kier alpha value is -3.64. The van der Waals surface area contributed by atoms with E-state index >= 15 is 0 Å². The van der Waals surface area contributed by atoms with Crippen LogP contribution in [-0.2, 0) is 33.3 Å². The van der Waals surface area contributed by atoms with E-state index < -0.39 is 20.2 Å². The van der Waals surface area contributed by atoms with Crippen molar-refractivity contribution >= 4 is 32.4 Å². The molecule has 4 N–H and O–H groups in total. The minimum Gasteiger partial charge on any atom is -0.302 e. The van der Waals surface area contributed by atoms with Crippen LogP contribution < -0.4 is 10.6 Å². The molecule has 0 saturated carbocycles. The van der Waals surface area contributed by atoms with Crippen LogP contribution in [0, 0.1) is 0 Å². The summed E-state index contributed by atoms with van der Waals surface area (Å²) in [5.41, 5.74) is 5.98. The summed E-state index contributed by atoms with van der Waals surface area (Å²) in [6.07, 6.45) is 2.82. The van der Waals surface area contributed by atoms with E-state index in [2.05, 4.69) is 10.6 Å². The number of hydrogen-bond acceptors (Lipinski definition) is 6. The van der Waals surface area contributed by atoms with Gasteiger partial charge in [-0.1, -0.05) is 84.9 Å². The molecule has 4 aromatic carbocycles. The van der Waals surface area contributed by atoms with Crippen molar-refractivity contribution in [2.75, 3.05) is 0 Å². The Bertz CT molecular complexity index is 1750. The monoisotopic (exact) mass is 574 g/mol. The Labute approximate surface area is 232 Å². The van der Waals surface area contributed by atoms with Crippen LogP contribution in [0.2, 0.25) is 0 Å². The fraction of sp³-hybridized carbons (Fsp3) is 0.133. The molecule has 6 rings (SSSR count). The zero-order chi connectivity index (χ0) is 28.1. The average molecular weight is 575 g/mol. The maximum Gasteiger partial charge on any atom is 0.295 e. The molecular formula is C30H26N2O6S2. The van der Waals surface area contributed by atoms with Gasteiger partial charge in [-0.2, -0.15) is 16.8 Å². The second kappa shape index (κ2) is 10.1. The molecule has 0 spiro atoms. The Morgan fingerprint density at radius 2 is 1.00 bits per heavy atom. The molecule has 2 heterocycles. The normalized spacial score (nSPS) is 18.6. The third kappa shape index (κ3) is 5.01. The van der Waals surface area contributed by atoms with Gasteiger partial charge in [0.15, 0.2) is 0 Å². The second-order valence-electron chi connectivity index (χ2n) is 9.90. The van der Waals surface area contributed by atoms with Gasteiger partial charge in [-0.05, 0) is 56.6 Å². The lowest BCUT2D eigenvalue weighted by molar-refractivity contribution is 0.480. The standard InChI is InChI=1S/C30H26N2O6S2/c33-39(34,35)27-15-21(29-25-7-3-1-5-23(25)17-31-29)13-11-19(27)9-10-20-12-14-22(16-28(20)40(36,37)38)30-26-8-4-2-6-24(26)18-32-30/h1-16,29-32H,17-18H2,(H,33,34,35)(H,36,37,38)/b10-9+. The largest absolute Gasteiger partial charge is 0.302 e. The Balaban J connectivity index is 1.37. The second-order valence-corrected chi connectivity index (χ2v) is 12.7. The zero-order valence-electron chi connectivity index (χ0n) is 21.2. The molecule has 0 radical (unpaired) electrons. The summed E-state index contributed by atoms with van der Waals surface area (Å²) in [7, 11) is -9.21. The van der Waals surface area contributed by atoms with Crippen molar-refractivity contribution in [2.24, 2.45) is 0 Å². The van der Waals surface area contributed by atoms with E-state index in [0.717, 1.165) is 22.3 Å². The molecule has 40 heavy (non-hydrogen) atoms. The van der Waals surface area contributed by atoms with Crippen LogP contribution in [0.25, 0.3) is 12.2 Å². The number of rotatable bonds is 6. The smallest absolute Gasteiger partial charge is 0.295 e. The van der Waals surface area contributed by atoms with Crippen molar-refractivity contribution < 1.29 is 25.9 Å². The lowest BCUT2D eigenvalue weighted by Gasteiger charge is -2.16. The number of nitrogens with one attached hydrogen (secondary N) is 2. The van der Waals surface area contributed by atoms with Crippen molar-refractivity contribution in [2.45, 2.75) is 35.0 Å². The van der Waals surface area contributed by atoms with E-state index in [4.69, 9.17) is 0 Å². The minimum atomic E-state index is -4.61. The highest BCUT2D eigenvalue weighted by Crippen LogP contribution is 2.35. The molecule has 0 aliphatic carbocycles. The van der Waals surface area contributed by atoms with Crippen molar-refractivity contribution in [1.29, 1.82) is 0 Å². The lowest BCUT2D eigenvalue weighted by atomic mass is 9.97. The van der Waals surface area contributed by atoms with Gasteiger partial charge in [0.2, 0.25) is 0 Å². The molecule has 0 fully saturated rings. The predicted octanol–water partition coefficient (Wildman–Crippen LogP) is 4.74. The number of hydrogen-bond donors (Lipinski definition) is 4. The highest BCUT2D eigenvalue weighted by atomic mass is 32.2. The topological polar surface area (TPSA) is 133 Å². The fourth-order valence-electron chi connectivity index (χ4n) is 5.56. The molecule has 2 unspecified atom stereocenters. The third-order valence-corrected chi connectivity index (χ3v) is 9.28. The summed E-state index contributed by atoms with van der Waals surface area (Å²) in [6.45, 7) is 1.28. The van der Waals surface area contributed by atoms with Gasteiger partial charge in [0, 0.05) is 13.1 Å². The third-order valence-electron chi connectivity index (χ3n) is 7.47. The van der Waals surface area contributed by atoms with Crippen molar-refractivity contribution in [3.05, 3.63) is 129 Å². The van der Waals surface area contributed by atoms with Gasteiger partial charge in [0.1, 0.15) is 9.79 Å². The van der Waals surface area contributed by atoms with Gasteiger partial charge >= 0.3 is 0 Å². The summed E-state index contributed by atoms with van der Waals surface area (Å²) >= 11 is 0. The Morgan fingerprint density at radius 1 is 0.600 bits per heavy atom. The SMILES string of the molecule is O=S(=O)(O)c1cc(C2NCc3ccccc32)ccc1/C=C/c1ccc(C2NCc3ccccc32)cc1S(=O)(=O)O. The molecule has 4 aromatic rings. The van der Waals surface area contributed by atoms with Gasteiger partial charge in [-0.15, -0.1) is 0 Å². The minimum absolute atomic E-state index is 0.175. The maximum absolute atomic E-state index is 12.4. The summed E-state index contributed by atoms with van der Waals surface area (Å²) in [5, 5.41) is 6.72. The summed E-state index contributed by atoms with van der Waals surface area (Å²) in [6, 6.07) is 24.7. The Kier molecular flexibility index (Phi) is 6.70. The molecule has 0 aromatic heterocycles. The Morgan fingerprint density at radius 3 is 1.40 bits per heavy atom. The van der Waals surface area contributed by atoms with Crippen LogP contribution in [0.5, 0.6) is 0 Å². The van der Waals surface area contributed by atoms with Crippen LogP contribution in [0.1, 0.15) is 56.6 Å². The van der Waals surface area contributed by atoms with Gasteiger partial charge < -0.3 is 10.6 Å². The average Bonchev–Trinajstić information content (AvgIpc) is 3.55. The van der Waals surface area contributed by atoms with E-state index in [1.807, 2.05) is 48.5 Å². The van der Waals surface area contributed by atoms with Gasteiger partial charge in [0.25, 0.3) is 20.2 Å². The van der Waals surface area contributed by atoms with E-state index in [9.17, 15) is 25.9 Å². The van der Waals surface area contributed by atoms with Gasteiger partial charge in [-0.25, -0.2) is 0 Å². The van der Waals surface area contributed by atoms with E-state index in [1.165, 1.54) is 24.3 Å². The van der Waals surface area contributed by atoms with Crippen LogP contribution in [0.3, 0.4) is 0 Å².